The van der Waals surface area contributed by atoms with Gasteiger partial charge in [-0.25, -0.2) is 4.98 Å². The minimum absolute atomic E-state index is 0.624. The number of hydrogen-bond donors (Lipinski definition) is 1. The molecule has 2 aliphatic rings. The summed E-state index contributed by atoms with van der Waals surface area (Å²) in [5.74, 6) is 0.882. The summed E-state index contributed by atoms with van der Waals surface area (Å²) in [7, 11) is 0. The summed E-state index contributed by atoms with van der Waals surface area (Å²) in [4.78, 5) is 9.26. The van der Waals surface area contributed by atoms with E-state index in [0.29, 0.717) is 16.8 Å². The highest BCUT2D eigenvalue weighted by Crippen LogP contribution is 2.29. The van der Waals surface area contributed by atoms with Crippen LogP contribution >= 0.6 is 11.6 Å². The topological polar surface area (TPSA) is 45.4 Å². The lowest BCUT2D eigenvalue weighted by Gasteiger charge is -2.24. The number of pyridine rings is 1. The molecule has 2 fully saturated rings. The van der Waals surface area contributed by atoms with Crippen molar-refractivity contribution in [1.29, 1.82) is 0 Å². The van der Waals surface area contributed by atoms with E-state index in [2.05, 4.69) is 14.8 Å². The summed E-state index contributed by atoms with van der Waals surface area (Å²) in [5, 5.41) is 0.664. The van der Waals surface area contributed by atoms with Crippen LogP contribution in [0.4, 0.5) is 11.5 Å². The average Bonchev–Trinajstić information content (AvgIpc) is 2.99. The van der Waals surface area contributed by atoms with Gasteiger partial charge < -0.3 is 10.6 Å². The Morgan fingerprint density at radius 3 is 2.78 bits per heavy atom. The molecule has 5 heteroatoms. The zero-order chi connectivity index (χ0) is 12.5. The number of nitrogen functional groups attached to an aromatic ring is 1. The van der Waals surface area contributed by atoms with Crippen molar-refractivity contribution >= 4 is 23.1 Å². The maximum absolute atomic E-state index is 6.22. The van der Waals surface area contributed by atoms with Crippen molar-refractivity contribution in [2.75, 3.05) is 36.8 Å². The van der Waals surface area contributed by atoms with E-state index in [9.17, 15) is 0 Å². The summed E-state index contributed by atoms with van der Waals surface area (Å²) >= 11 is 6.22. The summed E-state index contributed by atoms with van der Waals surface area (Å²) in [6.07, 6.45) is 5.58. The SMILES string of the molecule is Nc1cnc(N2CCC(N3CCCC3)C2)c(Cl)c1. The Hall–Kier alpha value is -1.00. The Morgan fingerprint density at radius 1 is 1.28 bits per heavy atom. The van der Waals surface area contributed by atoms with Gasteiger partial charge in [-0.15, -0.1) is 0 Å². The van der Waals surface area contributed by atoms with Gasteiger partial charge in [0, 0.05) is 19.1 Å². The predicted octanol–water partition coefficient (Wildman–Crippen LogP) is 1.99. The quantitative estimate of drug-likeness (QED) is 0.889. The molecule has 0 saturated carbocycles. The summed E-state index contributed by atoms with van der Waals surface area (Å²) in [5.41, 5.74) is 6.30. The van der Waals surface area contributed by atoms with Crippen molar-refractivity contribution in [1.82, 2.24) is 9.88 Å². The summed E-state index contributed by atoms with van der Waals surface area (Å²) < 4.78 is 0. The van der Waals surface area contributed by atoms with Gasteiger partial charge in [0.15, 0.2) is 0 Å². The van der Waals surface area contributed by atoms with Gasteiger partial charge >= 0.3 is 0 Å². The molecule has 0 amide bonds. The van der Waals surface area contributed by atoms with Crippen molar-refractivity contribution in [3.05, 3.63) is 17.3 Å². The second-order valence-electron chi connectivity index (χ2n) is 5.21. The average molecular weight is 267 g/mol. The highest BCUT2D eigenvalue weighted by atomic mass is 35.5. The lowest BCUT2D eigenvalue weighted by Crippen LogP contribution is -2.35. The van der Waals surface area contributed by atoms with Crippen molar-refractivity contribution in [2.45, 2.75) is 25.3 Å². The molecule has 1 atom stereocenters. The number of nitrogens with two attached hydrogens (primary N) is 1. The zero-order valence-corrected chi connectivity index (χ0v) is 11.2. The molecule has 0 aliphatic carbocycles. The van der Waals surface area contributed by atoms with Gasteiger partial charge in [-0.05, 0) is 38.4 Å². The molecule has 4 nitrogen and oxygen atoms in total. The molecule has 2 N–H and O–H groups in total. The highest BCUT2D eigenvalue weighted by molar-refractivity contribution is 6.33. The summed E-state index contributed by atoms with van der Waals surface area (Å²) in [6.45, 7) is 4.58. The number of nitrogens with zero attached hydrogens (tertiary/aromatic N) is 3. The van der Waals surface area contributed by atoms with E-state index < -0.39 is 0 Å². The zero-order valence-electron chi connectivity index (χ0n) is 10.5. The van der Waals surface area contributed by atoms with Crippen molar-refractivity contribution in [2.24, 2.45) is 0 Å². The number of hydrogen-bond acceptors (Lipinski definition) is 4. The van der Waals surface area contributed by atoms with Crippen LogP contribution in [0.2, 0.25) is 5.02 Å². The molecule has 0 aromatic carbocycles. The molecule has 0 radical (unpaired) electrons. The first-order valence-electron chi connectivity index (χ1n) is 6.64. The number of halogens is 1. The fourth-order valence-corrected chi connectivity index (χ4v) is 3.31. The lowest BCUT2D eigenvalue weighted by molar-refractivity contribution is 0.260. The largest absolute Gasteiger partial charge is 0.397 e. The Balaban J connectivity index is 1.71. The fraction of sp³-hybridized carbons (Fsp3) is 0.615. The van der Waals surface area contributed by atoms with E-state index in [0.717, 1.165) is 18.9 Å². The molecular weight excluding hydrogens is 248 g/mol. The first-order chi connectivity index (χ1) is 8.74. The van der Waals surface area contributed by atoms with Crippen LogP contribution in [0.15, 0.2) is 12.3 Å². The minimum Gasteiger partial charge on any atom is -0.397 e. The van der Waals surface area contributed by atoms with Crippen LogP contribution in [0.1, 0.15) is 19.3 Å². The van der Waals surface area contributed by atoms with E-state index in [-0.39, 0.29) is 0 Å². The Kier molecular flexibility index (Phi) is 3.31. The predicted molar refractivity (Wildman–Crippen MR) is 75.1 cm³/mol. The van der Waals surface area contributed by atoms with E-state index in [4.69, 9.17) is 17.3 Å². The molecule has 1 unspecified atom stereocenters. The molecular formula is C13H19ClN4. The second kappa shape index (κ2) is 4.94. The monoisotopic (exact) mass is 266 g/mol. The van der Waals surface area contributed by atoms with Crippen LogP contribution in [-0.4, -0.2) is 42.1 Å². The van der Waals surface area contributed by atoms with Crippen LogP contribution in [0, 0.1) is 0 Å². The Labute approximate surface area is 113 Å². The maximum atomic E-state index is 6.22. The van der Waals surface area contributed by atoms with Gasteiger partial charge in [0.2, 0.25) is 0 Å². The van der Waals surface area contributed by atoms with E-state index >= 15 is 0 Å². The molecule has 3 rings (SSSR count). The smallest absolute Gasteiger partial charge is 0.147 e. The normalized spacial score (nSPS) is 24.9. The Bertz CT molecular complexity index is 431. The fourth-order valence-electron chi connectivity index (χ4n) is 3.02. The van der Waals surface area contributed by atoms with Crippen LogP contribution in [-0.2, 0) is 0 Å². The van der Waals surface area contributed by atoms with Gasteiger partial charge in [0.05, 0.1) is 16.9 Å². The van der Waals surface area contributed by atoms with Crippen LogP contribution in [0.3, 0.4) is 0 Å². The molecule has 3 heterocycles. The van der Waals surface area contributed by atoms with E-state index in [1.807, 2.05) is 0 Å². The molecule has 0 spiro atoms. The molecule has 2 saturated heterocycles. The van der Waals surface area contributed by atoms with Crippen molar-refractivity contribution < 1.29 is 0 Å². The molecule has 1 aromatic rings. The van der Waals surface area contributed by atoms with Crippen LogP contribution in [0.25, 0.3) is 0 Å². The standard InChI is InChI=1S/C13H19ClN4/c14-12-7-10(15)8-16-13(12)18-6-3-11(9-18)17-4-1-2-5-17/h7-8,11H,1-6,9,15H2. The van der Waals surface area contributed by atoms with Gasteiger partial charge in [-0.2, -0.15) is 0 Å². The third-order valence-corrected chi connectivity index (χ3v) is 4.24. The summed E-state index contributed by atoms with van der Waals surface area (Å²) in [6, 6.07) is 2.45. The molecule has 98 valence electrons. The number of rotatable bonds is 2. The Morgan fingerprint density at radius 2 is 2.06 bits per heavy atom. The third-order valence-electron chi connectivity index (χ3n) is 3.96. The highest BCUT2D eigenvalue weighted by Gasteiger charge is 2.30. The van der Waals surface area contributed by atoms with Crippen LogP contribution < -0.4 is 10.6 Å². The first kappa shape index (κ1) is 12.1. The number of aromatic nitrogens is 1. The van der Waals surface area contributed by atoms with E-state index in [1.165, 1.54) is 32.4 Å². The van der Waals surface area contributed by atoms with Gasteiger partial charge in [0.25, 0.3) is 0 Å². The second-order valence-corrected chi connectivity index (χ2v) is 5.61. The van der Waals surface area contributed by atoms with Crippen molar-refractivity contribution in [3.63, 3.8) is 0 Å². The molecule has 0 bridgehead atoms. The molecule has 18 heavy (non-hydrogen) atoms. The first-order valence-corrected chi connectivity index (χ1v) is 7.02. The third kappa shape index (κ3) is 2.27. The molecule has 2 aliphatic heterocycles. The molecule has 1 aromatic heterocycles. The maximum Gasteiger partial charge on any atom is 0.147 e. The van der Waals surface area contributed by atoms with Gasteiger partial charge in [-0.1, -0.05) is 11.6 Å². The van der Waals surface area contributed by atoms with Gasteiger partial charge in [0.1, 0.15) is 5.82 Å². The van der Waals surface area contributed by atoms with Gasteiger partial charge in [-0.3, -0.25) is 4.90 Å². The number of anilines is 2. The number of likely N-dealkylation sites (tertiary alicyclic amines) is 1. The minimum atomic E-state index is 0.624. The van der Waals surface area contributed by atoms with E-state index in [1.54, 1.807) is 12.3 Å². The lowest BCUT2D eigenvalue weighted by atomic mass is 10.2. The van der Waals surface area contributed by atoms with Crippen molar-refractivity contribution in [3.8, 4) is 0 Å². The van der Waals surface area contributed by atoms with Crippen LogP contribution in [0.5, 0.6) is 0 Å².